The fourth-order valence-corrected chi connectivity index (χ4v) is 2.83. The molecule has 0 atom stereocenters. The van der Waals surface area contributed by atoms with Crippen LogP contribution in [0.4, 0.5) is 0 Å². The lowest BCUT2D eigenvalue weighted by atomic mass is 10.2. The van der Waals surface area contributed by atoms with Crippen LogP contribution in [-0.2, 0) is 18.8 Å². The maximum absolute atomic E-state index is 6.11. The van der Waals surface area contributed by atoms with Crippen molar-refractivity contribution in [1.29, 1.82) is 0 Å². The molecule has 3 rings (SSSR count). The number of imidazole rings is 1. The molecule has 0 N–H and O–H groups in total. The number of aromatic nitrogens is 3. The smallest absolute Gasteiger partial charge is 0.124 e. The second kappa shape index (κ2) is 6.22. The van der Waals surface area contributed by atoms with Crippen LogP contribution >= 0.6 is 34.8 Å². The highest BCUT2D eigenvalue weighted by molar-refractivity contribution is 6.42. The van der Waals surface area contributed by atoms with Crippen LogP contribution in [-0.4, -0.2) is 14.5 Å². The van der Waals surface area contributed by atoms with E-state index in [-0.39, 0.29) is 0 Å². The Morgan fingerprint density at radius 3 is 2.48 bits per heavy atom. The normalized spacial score (nSPS) is 11.2. The Kier molecular flexibility index (Phi) is 4.34. The fourth-order valence-electron chi connectivity index (χ4n) is 2.31. The largest absolute Gasteiger partial charge is 0.327 e. The molecule has 0 aliphatic heterocycles. The predicted octanol–water partition coefficient (Wildman–Crippen LogP) is 4.72. The van der Waals surface area contributed by atoms with Gasteiger partial charge in [-0.2, -0.15) is 0 Å². The van der Waals surface area contributed by atoms with Crippen molar-refractivity contribution < 1.29 is 0 Å². The highest BCUT2D eigenvalue weighted by atomic mass is 35.5. The molecule has 2 heterocycles. The molecule has 0 unspecified atom stereocenters. The molecule has 6 heteroatoms. The van der Waals surface area contributed by atoms with Crippen molar-refractivity contribution in [3.8, 4) is 0 Å². The van der Waals surface area contributed by atoms with Crippen LogP contribution in [0.15, 0.2) is 36.7 Å². The summed E-state index contributed by atoms with van der Waals surface area (Å²) < 4.78 is 2.09. The molecule has 0 bridgehead atoms. The Labute approximate surface area is 137 Å². The summed E-state index contributed by atoms with van der Waals surface area (Å²) >= 11 is 18.2. The first-order valence-corrected chi connectivity index (χ1v) is 7.77. The van der Waals surface area contributed by atoms with Gasteiger partial charge in [-0.25, -0.2) is 4.98 Å². The number of aryl methyl sites for hydroxylation is 2. The Bertz CT molecular complexity index is 769. The van der Waals surface area contributed by atoms with Crippen molar-refractivity contribution in [3.05, 3.63) is 58.1 Å². The molecule has 0 fully saturated rings. The third-order valence-corrected chi connectivity index (χ3v) is 4.32. The topological polar surface area (TPSA) is 30.7 Å². The van der Waals surface area contributed by atoms with Crippen molar-refractivity contribution in [1.82, 2.24) is 14.5 Å². The van der Waals surface area contributed by atoms with E-state index in [0.717, 1.165) is 29.8 Å². The summed E-state index contributed by atoms with van der Waals surface area (Å²) in [6.07, 6.45) is 4.46. The highest BCUT2D eigenvalue weighted by Gasteiger charge is 2.12. The Morgan fingerprint density at radius 1 is 1.05 bits per heavy atom. The number of halogens is 3. The number of fused-ring (bicyclic) bond motifs is 1. The number of alkyl halides is 1. The van der Waals surface area contributed by atoms with Gasteiger partial charge < -0.3 is 4.57 Å². The number of nitrogens with zero attached hydrogens (tertiary/aromatic N) is 3. The third-order valence-electron chi connectivity index (χ3n) is 3.36. The van der Waals surface area contributed by atoms with Crippen LogP contribution in [0.5, 0.6) is 0 Å². The minimum absolute atomic E-state index is 0.347. The molecule has 0 saturated heterocycles. The molecule has 0 saturated carbocycles. The monoisotopic (exact) mass is 339 g/mol. The summed E-state index contributed by atoms with van der Waals surface area (Å²) in [6.45, 7) is 0.778. The number of hydrogen-bond acceptors (Lipinski definition) is 2. The average molecular weight is 341 g/mol. The van der Waals surface area contributed by atoms with E-state index in [1.807, 2.05) is 18.2 Å². The quantitative estimate of drug-likeness (QED) is 0.643. The molecule has 0 aliphatic carbocycles. The average Bonchev–Trinajstić information content (AvgIpc) is 2.83. The zero-order valence-corrected chi connectivity index (χ0v) is 13.3. The summed E-state index contributed by atoms with van der Waals surface area (Å²) in [5, 5.41) is 1.03. The van der Waals surface area contributed by atoms with Gasteiger partial charge in [-0.05, 0) is 36.2 Å². The van der Waals surface area contributed by atoms with E-state index in [1.165, 1.54) is 5.56 Å². The second-order valence-electron chi connectivity index (χ2n) is 4.67. The van der Waals surface area contributed by atoms with Gasteiger partial charge in [-0.1, -0.05) is 23.2 Å². The zero-order chi connectivity index (χ0) is 14.8. The van der Waals surface area contributed by atoms with Crippen molar-refractivity contribution in [3.63, 3.8) is 0 Å². The van der Waals surface area contributed by atoms with E-state index >= 15 is 0 Å². The van der Waals surface area contributed by atoms with Crippen LogP contribution in [0.2, 0.25) is 10.0 Å². The van der Waals surface area contributed by atoms with E-state index in [2.05, 4.69) is 14.5 Å². The minimum atomic E-state index is 0.347. The molecule has 3 aromatic rings. The lowest BCUT2D eigenvalue weighted by Crippen LogP contribution is -2.05. The maximum atomic E-state index is 6.11. The zero-order valence-electron chi connectivity index (χ0n) is 11.1. The SMILES string of the molecule is ClCc1nc2cc(Cl)c(Cl)cc2n1CCc1ccncc1. The number of rotatable bonds is 4. The maximum Gasteiger partial charge on any atom is 0.124 e. The first kappa shape index (κ1) is 14.6. The molecule has 1 aromatic carbocycles. The molecule has 0 spiro atoms. The summed E-state index contributed by atoms with van der Waals surface area (Å²) in [7, 11) is 0. The number of benzene rings is 1. The van der Waals surface area contributed by atoms with Crippen LogP contribution in [0, 0.1) is 0 Å². The minimum Gasteiger partial charge on any atom is -0.327 e. The predicted molar refractivity (Wildman–Crippen MR) is 87.3 cm³/mol. The van der Waals surface area contributed by atoms with Crippen LogP contribution in [0.3, 0.4) is 0 Å². The summed E-state index contributed by atoms with van der Waals surface area (Å²) in [5.74, 6) is 1.17. The summed E-state index contributed by atoms with van der Waals surface area (Å²) in [6, 6.07) is 7.62. The first-order valence-electron chi connectivity index (χ1n) is 6.48. The lowest BCUT2D eigenvalue weighted by molar-refractivity contribution is 0.687. The van der Waals surface area contributed by atoms with Crippen LogP contribution in [0.1, 0.15) is 11.4 Å². The molecule has 108 valence electrons. The first-order chi connectivity index (χ1) is 10.2. The molecule has 3 nitrogen and oxygen atoms in total. The van der Waals surface area contributed by atoms with Gasteiger partial charge >= 0.3 is 0 Å². The Morgan fingerprint density at radius 2 is 1.76 bits per heavy atom. The Balaban J connectivity index is 1.98. The summed E-state index contributed by atoms with van der Waals surface area (Å²) in [5.41, 5.74) is 2.98. The van der Waals surface area contributed by atoms with E-state index in [4.69, 9.17) is 34.8 Å². The second-order valence-corrected chi connectivity index (χ2v) is 5.76. The number of hydrogen-bond donors (Lipinski definition) is 0. The van der Waals surface area contributed by atoms with E-state index in [1.54, 1.807) is 18.5 Å². The van der Waals surface area contributed by atoms with Gasteiger partial charge in [0, 0.05) is 18.9 Å². The molecule has 0 amide bonds. The van der Waals surface area contributed by atoms with E-state index in [0.29, 0.717) is 15.9 Å². The number of pyridine rings is 1. The lowest BCUT2D eigenvalue weighted by Gasteiger charge is -2.08. The van der Waals surface area contributed by atoms with Gasteiger partial charge in [0.05, 0.1) is 27.0 Å². The van der Waals surface area contributed by atoms with Crippen LogP contribution < -0.4 is 0 Å². The van der Waals surface area contributed by atoms with Crippen molar-refractivity contribution >= 4 is 45.8 Å². The summed E-state index contributed by atoms with van der Waals surface area (Å²) in [4.78, 5) is 8.54. The third kappa shape index (κ3) is 3.00. The molecule has 21 heavy (non-hydrogen) atoms. The van der Waals surface area contributed by atoms with Crippen molar-refractivity contribution in [2.75, 3.05) is 0 Å². The molecular weight excluding hydrogens is 329 g/mol. The van der Waals surface area contributed by atoms with Gasteiger partial charge in [0.2, 0.25) is 0 Å². The van der Waals surface area contributed by atoms with E-state index in [9.17, 15) is 0 Å². The van der Waals surface area contributed by atoms with Gasteiger partial charge in [0.15, 0.2) is 0 Å². The Hall–Kier alpha value is -1.29. The molecule has 2 aromatic heterocycles. The molecule has 0 radical (unpaired) electrons. The van der Waals surface area contributed by atoms with E-state index < -0.39 is 0 Å². The van der Waals surface area contributed by atoms with Gasteiger partial charge in [0.25, 0.3) is 0 Å². The molecular formula is C15H12Cl3N3. The fraction of sp³-hybridized carbons (Fsp3) is 0.200. The van der Waals surface area contributed by atoms with Gasteiger partial charge in [0.1, 0.15) is 5.82 Å². The van der Waals surface area contributed by atoms with Crippen molar-refractivity contribution in [2.45, 2.75) is 18.8 Å². The van der Waals surface area contributed by atoms with Crippen molar-refractivity contribution in [2.24, 2.45) is 0 Å². The molecule has 0 aliphatic rings. The standard InChI is InChI=1S/C15H12Cl3N3/c16-9-15-20-13-7-11(17)12(18)8-14(13)21(15)6-3-10-1-4-19-5-2-10/h1-2,4-5,7-8H,3,6,9H2. The van der Waals surface area contributed by atoms with Crippen LogP contribution in [0.25, 0.3) is 11.0 Å². The highest BCUT2D eigenvalue weighted by Crippen LogP contribution is 2.29. The van der Waals surface area contributed by atoms with Gasteiger partial charge in [-0.15, -0.1) is 11.6 Å². The van der Waals surface area contributed by atoms with Gasteiger partial charge in [-0.3, -0.25) is 4.98 Å².